The van der Waals surface area contributed by atoms with Gasteiger partial charge in [0.1, 0.15) is 11.6 Å². The molecule has 0 aliphatic heterocycles. The van der Waals surface area contributed by atoms with Gasteiger partial charge in [-0.3, -0.25) is 24.0 Å². The van der Waals surface area contributed by atoms with Gasteiger partial charge in [0.2, 0.25) is 5.91 Å². The highest BCUT2D eigenvalue weighted by molar-refractivity contribution is 6.01. The van der Waals surface area contributed by atoms with Gasteiger partial charge in [0, 0.05) is 29.4 Å². The molecule has 61 heavy (non-hydrogen) atoms. The van der Waals surface area contributed by atoms with Gasteiger partial charge >= 0.3 is 11.9 Å². The number of amides is 2. The third kappa shape index (κ3) is 6.84. The number of benzene rings is 1. The summed E-state index contributed by atoms with van der Waals surface area (Å²) in [7, 11) is 0. The number of aliphatic carboxylic acids is 1. The minimum atomic E-state index is -1.24. The number of carbonyl (C=O) groups excluding carboxylic acids is 4. The molecule has 5 fully saturated rings. The Morgan fingerprint density at radius 3 is 2.10 bits per heavy atom. The maximum absolute atomic E-state index is 14.2. The first-order valence-electron chi connectivity index (χ1n) is 23.3. The molecule has 10 heteroatoms. The van der Waals surface area contributed by atoms with Crippen LogP contribution in [-0.2, 0) is 23.9 Å². The van der Waals surface area contributed by atoms with E-state index < -0.39 is 46.2 Å². The highest BCUT2D eigenvalue weighted by atomic mass is 16.5. The molecule has 2 amide bonds. The quantitative estimate of drug-likeness (QED) is 0.171. The Morgan fingerprint density at radius 2 is 1.49 bits per heavy atom. The summed E-state index contributed by atoms with van der Waals surface area (Å²) in [5.74, 6) is -1.79. The van der Waals surface area contributed by atoms with Crippen LogP contribution in [-0.4, -0.2) is 64.0 Å². The number of nitrogens with one attached hydrogen (secondary N) is 2. The number of ether oxygens (including phenoxy) is 1. The fourth-order valence-corrected chi connectivity index (χ4v) is 15.0. The van der Waals surface area contributed by atoms with Crippen LogP contribution in [0.4, 0.5) is 0 Å². The molecule has 0 saturated heterocycles. The van der Waals surface area contributed by atoms with Gasteiger partial charge in [-0.25, -0.2) is 0 Å². The molecule has 10 nitrogen and oxygen atoms in total. The molecule has 7 rings (SSSR count). The van der Waals surface area contributed by atoms with Gasteiger partial charge in [-0.2, -0.15) is 0 Å². The van der Waals surface area contributed by atoms with E-state index in [1.807, 2.05) is 32.9 Å². The number of allylic oxidation sites excluding steroid dienone is 1. The van der Waals surface area contributed by atoms with E-state index in [0.717, 1.165) is 61.7 Å². The number of carboxylic acids is 1. The van der Waals surface area contributed by atoms with Crippen molar-refractivity contribution in [2.75, 3.05) is 6.54 Å². The molecular weight excluding hydrogens is 769 g/mol. The molecule has 0 radical (unpaired) electrons. The standard InChI is InChI=1S/C51H74N2O8/c1-28(2)39-34(54)26-51(37(55)27-52-44(60)47(8,9)53-41(56)30-15-13-29(3)14-16-30)24-23-49(11)31(40(39)51)17-18-36-48(10)21-20-38(46(6,7)35(48)19-22-50(36,49)12)61-43(59)33-25-32(42(57)58)45(33,4)5/h13-16,28,31-33,35-38,55H,17-27H2,1-12H3,(H,52,60)(H,53,56)(H,57,58)/t31-,32+,33-,35+,36-,37+,38+,48+,49-,50-,51+/m1/s1. The number of esters is 1. The van der Waals surface area contributed by atoms with Crippen LogP contribution >= 0.6 is 0 Å². The summed E-state index contributed by atoms with van der Waals surface area (Å²) in [5, 5.41) is 27.9. The SMILES string of the molecule is Cc1ccc(C(=O)NC(C)(C)C(=O)NC[C@H](O)[C@@]23CC[C@]4(C)[C@H](CC[C@@H]5[C@@]6(C)CC[C@H](OC(=O)[C@H]7C[C@@H](C(=O)O)C7(C)C)C(C)(C)[C@@H]6CC[C@]54C)C2=C(C(C)C)C(=O)C3)cc1. The number of aliphatic hydroxyl groups excluding tert-OH is 1. The molecule has 0 unspecified atom stereocenters. The number of Topliss-reactive ketones (excluding diaryl/α,β-unsaturated/α-hetero) is 1. The monoisotopic (exact) mass is 843 g/mol. The first kappa shape index (κ1) is 45.5. The van der Waals surface area contributed by atoms with Crippen LogP contribution in [0.15, 0.2) is 35.4 Å². The largest absolute Gasteiger partial charge is 0.481 e. The van der Waals surface area contributed by atoms with Crippen molar-refractivity contribution >= 4 is 29.5 Å². The zero-order chi connectivity index (χ0) is 45.0. The van der Waals surface area contributed by atoms with Gasteiger partial charge in [-0.15, -0.1) is 0 Å². The smallest absolute Gasteiger partial charge is 0.309 e. The number of fused-ring (bicyclic) bond motifs is 7. The number of aliphatic hydroxyl groups is 1. The molecule has 1 aromatic carbocycles. The van der Waals surface area contributed by atoms with E-state index in [1.165, 1.54) is 0 Å². The lowest BCUT2D eigenvalue weighted by atomic mass is 9.33. The van der Waals surface area contributed by atoms with Gasteiger partial charge in [-0.1, -0.05) is 85.6 Å². The van der Waals surface area contributed by atoms with Crippen LogP contribution in [0.5, 0.6) is 0 Å². The average molecular weight is 843 g/mol. The molecular formula is C51H74N2O8. The van der Waals surface area contributed by atoms with Crippen molar-refractivity contribution in [3.63, 3.8) is 0 Å². The maximum Gasteiger partial charge on any atom is 0.309 e. The van der Waals surface area contributed by atoms with Crippen LogP contribution < -0.4 is 10.6 Å². The van der Waals surface area contributed by atoms with E-state index >= 15 is 0 Å². The van der Waals surface area contributed by atoms with Crippen molar-refractivity contribution in [1.29, 1.82) is 0 Å². The molecule has 6 aliphatic carbocycles. The number of hydrogen-bond donors (Lipinski definition) is 4. The third-order valence-corrected chi connectivity index (χ3v) is 18.9. The lowest BCUT2D eigenvalue weighted by Gasteiger charge is -2.72. The van der Waals surface area contributed by atoms with Crippen molar-refractivity contribution in [2.45, 2.75) is 165 Å². The van der Waals surface area contributed by atoms with E-state index in [-0.39, 0.29) is 70.2 Å². The molecule has 0 heterocycles. The van der Waals surface area contributed by atoms with E-state index in [4.69, 9.17) is 4.74 Å². The molecule has 0 aromatic heterocycles. The van der Waals surface area contributed by atoms with Crippen molar-refractivity contribution in [1.82, 2.24) is 10.6 Å². The Bertz CT molecular complexity index is 2010. The van der Waals surface area contributed by atoms with Crippen LogP contribution in [0.2, 0.25) is 0 Å². The molecule has 6 aliphatic rings. The van der Waals surface area contributed by atoms with Crippen molar-refractivity contribution in [2.24, 2.45) is 68.0 Å². The van der Waals surface area contributed by atoms with E-state index in [9.17, 15) is 34.2 Å². The molecule has 11 atom stereocenters. The Hall–Kier alpha value is -3.53. The summed E-state index contributed by atoms with van der Waals surface area (Å²) < 4.78 is 6.41. The van der Waals surface area contributed by atoms with Gasteiger partial charge < -0.3 is 25.6 Å². The lowest BCUT2D eigenvalue weighted by molar-refractivity contribution is -0.238. The summed E-state index contributed by atoms with van der Waals surface area (Å²) in [4.78, 5) is 66.4. The zero-order valence-electron chi connectivity index (χ0n) is 39.1. The number of aryl methyl sites for hydroxylation is 1. The van der Waals surface area contributed by atoms with Gasteiger partial charge in [0.15, 0.2) is 5.78 Å². The summed E-state index contributed by atoms with van der Waals surface area (Å²) in [5.41, 5.74) is 0.466. The highest BCUT2D eigenvalue weighted by Gasteiger charge is 2.71. The molecule has 5 saturated carbocycles. The maximum atomic E-state index is 14.2. The van der Waals surface area contributed by atoms with Crippen molar-refractivity contribution < 1.29 is 38.9 Å². The first-order valence-corrected chi connectivity index (χ1v) is 23.3. The molecule has 0 bridgehead atoms. The van der Waals surface area contributed by atoms with Gasteiger partial charge in [-0.05, 0) is 142 Å². The fourth-order valence-electron chi connectivity index (χ4n) is 15.0. The molecule has 0 spiro atoms. The van der Waals surface area contributed by atoms with Crippen molar-refractivity contribution in [3.05, 3.63) is 46.5 Å². The number of carboxylic acid groups (broad SMARTS) is 1. The van der Waals surface area contributed by atoms with Gasteiger partial charge in [0.25, 0.3) is 5.91 Å². The van der Waals surface area contributed by atoms with Gasteiger partial charge in [0.05, 0.1) is 17.9 Å². The number of rotatable bonds is 10. The van der Waals surface area contributed by atoms with Crippen LogP contribution in [0.25, 0.3) is 0 Å². The zero-order valence-corrected chi connectivity index (χ0v) is 39.1. The number of ketones is 1. The topological polar surface area (TPSA) is 159 Å². The minimum Gasteiger partial charge on any atom is -0.481 e. The summed E-state index contributed by atoms with van der Waals surface area (Å²) in [6, 6.07) is 7.18. The summed E-state index contributed by atoms with van der Waals surface area (Å²) in [6.45, 7) is 25.2. The summed E-state index contributed by atoms with van der Waals surface area (Å²) in [6.07, 6.45) is 6.60. The van der Waals surface area contributed by atoms with E-state index in [2.05, 4.69) is 59.1 Å². The van der Waals surface area contributed by atoms with Crippen molar-refractivity contribution in [3.8, 4) is 0 Å². The summed E-state index contributed by atoms with van der Waals surface area (Å²) >= 11 is 0. The fraction of sp³-hybridized carbons (Fsp3) is 0.745. The van der Waals surface area contributed by atoms with E-state index in [0.29, 0.717) is 30.2 Å². The lowest BCUT2D eigenvalue weighted by Crippen LogP contribution is -2.66. The predicted molar refractivity (Wildman–Crippen MR) is 234 cm³/mol. The Balaban J connectivity index is 1.10. The van der Waals surface area contributed by atoms with E-state index in [1.54, 1.807) is 26.0 Å². The molecule has 1 aromatic rings. The van der Waals surface area contributed by atoms with Crippen LogP contribution in [0.1, 0.15) is 156 Å². The van der Waals surface area contributed by atoms with Crippen LogP contribution in [0, 0.1) is 74.9 Å². The predicted octanol–water partition coefficient (Wildman–Crippen LogP) is 8.62. The number of hydrogen-bond acceptors (Lipinski definition) is 7. The average Bonchev–Trinajstić information content (AvgIpc) is 3.47. The minimum absolute atomic E-state index is 0.00234. The Labute approximate surface area is 364 Å². The number of carbonyl (C=O) groups is 5. The second-order valence-electron chi connectivity index (χ2n) is 23.3. The second-order valence-corrected chi connectivity index (χ2v) is 23.3. The normalized spacial score (nSPS) is 37.9. The molecule has 4 N–H and O–H groups in total. The van der Waals surface area contributed by atoms with Crippen LogP contribution in [0.3, 0.4) is 0 Å². The third-order valence-electron chi connectivity index (χ3n) is 18.9. The Kier molecular flexibility index (Phi) is 11.2. The first-order chi connectivity index (χ1) is 28.2. The second kappa shape index (κ2) is 15.0. The Morgan fingerprint density at radius 1 is 0.836 bits per heavy atom. The molecule has 336 valence electrons. The highest BCUT2D eigenvalue weighted by Crippen LogP contribution is 2.77.